The van der Waals surface area contributed by atoms with Crippen LogP contribution in [-0.4, -0.2) is 70.2 Å². The molecule has 3 N–H and O–H groups in total. The van der Waals surface area contributed by atoms with E-state index in [0.29, 0.717) is 25.9 Å². The first-order valence-electron chi connectivity index (χ1n) is 8.23. The quantitative estimate of drug-likeness (QED) is 0.706. The second-order valence-corrected chi connectivity index (χ2v) is 7.81. The van der Waals surface area contributed by atoms with Gasteiger partial charge >= 0.3 is 6.09 Å². The zero-order valence-electron chi connectivity index (χ0n) is 14.7. The zero-order chi connectivity index (χ0) is 18.3. The summed E-state index contributed by atoms with van der Waals surface area (Å²) in [5, 5.41) is 9.71. The number of rotatable bonds is 3. The van der Waals surface area contributed by atoms with E-state index < -0.39 is 35.2 Å². The van der Waals surface area contributed by atoms with Crippen LogP contribution in [0.2, 0.25) is 0 Å². The normalized spacial score (nSPS) is 26.8. The van der Waals surface area contributed by atoms with Crippen molar-refractivity contribution in [1.29, 1.82) is 0 Å². The van der Waals surface area contributed by atoms with Crippen LogP contribution in [0.4, 0.5) is 4.79 Å². The number of aliphatic hydroxyl groups is 1. The Bertz CT molecular complexity index is 542. The van der Waals surface area contributed by atoms with Crippen molar-refractivity contribution < 1.29 is 24.2 Å². The lowest BCUT2D eigenvalue weighted by molar-refractivity contribution is -0.176. The Balaban J connectivity index is 2.06. The van der Waals surface area contributed by atoms with Gasteiger partial charge in [-0.05, 0) is 40.5 Å². The summed E-state index contributed by atoms with van der Waals surface area (Å²) >= 11 is 0. The van der Waals surface area contributed by atoms with E-state index in [1.54, 1.807) is 25.7 Å². The van der Waals surface area contributed by atoms with E-state index in [2.05, 4.69) is 0 Å². The highest BCUT2D eigenvalue weighted by Crippen LogP contribution is 2.42. The molecule has 24 heavy (non-hydrogen) atoms. The summed E-state index contributed by atoms with van der Waals surface area (Å²) in [5.74, 6) is -0.964. The predicted molar refractivity (Wildman–Crippen MR) is 85.9 cm³/mol. The number of carbonyl (C=O) groups is 3. The number of nitrogens with zero attached hydrogens (tertiary/aromatic N) is 2. The maximum atomic E-state index is 12.7. The van der Waals surface area contributed by atoms with Gasteiger partial charge in [-0.2, -0.15) is 0 Å². The van der Waals surface area contributed by atoms with Crippen LogP contribution in [0.5, 0.6) is 0 Å². The minimum absolute atomic E-state index is 0.236. The van der Waals surface area contributed by atoms with Crippen LogP contribution in [0, 0.1) is 5.41 Å². The monoisotopic (exact) mass is 341 g/mol. The molecule has 2 rings (SSSR count). The van der Waals surface area contributed by atoms with Gasteiger partial charge in [-0.15, -0.1) is 0 Å². The van der Waals surface area contributed by atoms with E-state index in [9.17, 15) is 19.5 Å². The van der Waals surface area contributed by atoms with Crippen molar-refractivity contribution in [2.24, 2.45) is 11.1 Å². The van der Waals surface area contributed by atoms with E-state index in [0.717, 1.165) is 0 Å². The van der Waals surface area contributed by atoms with E-state index in [-0.39, 0.29) is 12.5 Å². The van der Waals surface area contributed by atoms with E-state index in [1.807, 2.05) is 0 Å². The molecule has 0 bridgehead atoms. The second-order valence-electron chi connectivity index (χ2n) is 7.81. The molecule has 2 saturated heterocycles. The highest BCUT2D eigenvalue weighted by atomic mass is 16.6. The molecule has 0 radical (unpaired) electrons. The van der Waals surface area contributed by atoms with Gasteiger partial charge in [0.15, 0.2) is 0 Å². The van der Waals surface area contributed by atoms with E-state index >= 15 is 0 Å². The van der Waals surface area contributed by atoms with Gasteiger partial charge in [0.25, 0.3) is 0 Å². The summed E-state index contributed by atoms with van der Waals surface area (Å²) in [6.07, 6.45) is -0.133. The van der Waals surface area contributed by atoms with Crippen LogP contribution in [0.3, 0.4) is 0 Å². The molecule has 8 heteroatoms. The fourth-order valence-corrected chi connectivity index (χ4v) is 3.47. The minimum atomic E-state index is -1.03. The molecule has 0 saturated carbocycles. The number of nitrogens with two attached hydrogens (primary N) is 1. The topological polar surface area (TPSA) is 113 Å². The van der Waals surface area contributed by atoms with Gasteiger partial charge in [-0.3, -0.25) is 9.59 Å². The molecule has 8 nitrogen and oxygen atoms in total. The lowest BCUT2D eigenvalue weighted by Crippen LogP contribution is -2.72. The standard InChI is InChI=1S/C16H27N3O5/c1-10(20)11(12(17)21)19-9-16(13(19)22)6-5-7-18(8-16)14(23)24-15(2,3)4/h10-11,20H,5-9H2,1-4H3,(H2,17,21)/t10-,11+,16?/m1/s1. The lowest BCUT2D eigenvalue weighted by atomic mass is 9.71. The molecule has 2 fully saturated rings. The van der Waals surface area contributed by atoms with Crippen molar-refractivity contribution >= 4 is 17.9 Å². The van der Waals surface area contributed by atoms with E-state index in [4.69, 9.17) is 10.5 Å². The largest absolute Gasteiger partial charge is 0.444 e. The third-order valence-corrected chi connectivity index (χ3v) is 4.50. The lowest BCUT2D eigenvalue weighted by Gasteiger charge is -2.55. The number of hydrogen-bond acceptors (Lipinski definition) is 5. The van der Waals surface area contributed by atoms with Crippen LogP contribution in [0.25, 0.3) is 0 Å². The van der Waals surface area contributed by atoms with Crippen molar-refractivity contribution in [1.82, 2.24) is 9.80 Å². The summed E-state index contributed by atoms with van der Waals surface area (Å²) in [6, 6.07) is -1.03. The van der Waals surface area contributed by atoms with Crippen molar-refractivity contribution in [2.75, 3.05) is 19.6 Å². The number of hydrogen-bond donors (Lipinski definition) is 2. The number of ether oxygens (including phenoxy) is 1. The Labute approximate surface area is 141 Å². The number of piperidine rings is 1. The number of amides is 3. The van der Waals surface area contributed by atoms with Gasteiger partial charge in [0.2, 0.25) is 11.8 Å². The molecule has 0 aliphatic carbocycles. The molecule has 3 atom stereocenters. The third-order valence-electron chi connectivity index (χ3n) is 4.50. The van der Waals surface area contributed by atoms with Crippen molar-refractivity contribution in [3.63, 3.8) is 0 Å². The van der Waals surface area contributed by atoms with Crippen molar-refractivity contribution in [2.45, 2.75) is 58.3 Å². The van der Waals surface area contributed by atoms with Gasteiger partial charge < -0.3 is 25.4 Å². The van der Waals surface area contributed by atoms with Crippen LogP contribution >= 0.6 is 0 Å². The first kappa shape index (κ1) is 18.5. The van der Waals surface area contributed by atoms with Gasteiger partial charge in [-0.25, -0.2) is 4.79 Å². The van der Waals surface area contributed by atoms with Crippen molar-refractivity contribution in [3.8, 4) is 0 Å². The molecule has 1 unspecified atom stereocenters. The van der Waals surface area contributed by atoms with Gasteiger partial charge in [-0.1, -0.05) is 0 Å². The van der Waals surface area contributed by atoms with Crippen LogP contribution in [-0.2, 0) is 14.3 Å². The fourth-order valence-electron chi connectivity index (χ4n) is 3.47. The summed E-state index contributed by atoms with van der Waals surface area (Å²) < 4.78 is 5.37. The van der Waals surface area contributed by atoms with E-state index in [1.165, 1.54) is 11.8 Å². The van der Waals surface area contributed by atoms with Crippen LogP contribution in [0.15, 0.2) is 0 Å². The molecule has 2 heterocycles. The second kappa shape index (κ2) is 6.23. The number of primary amides is 1. The van der Waals surface area contributed by atoms with Gasteiger partial charge in [0.1, 0.15) is 11.6 Å². The molecule has 136 valence electrons. The third kappa shape index (κ3) is 3.48. The molecule has 0 aromatic carbocycles. The van der Waals surface area contributed by atoms with Crippen molar-refractivity contribution in [3.05, 3.63) is 0 Å². The Morgan fingerprint density at radius 2 is 1.96 bits per heavy atom. The molecule has 0 aromatic heterocycles. The summed E-state index contributed by atoms with van der Waals surface area (Å²) in [6.45, 7) is 7.93. The molecule has 3 amide bonds. The first-order chi connectivity index (χ1) is 11.0. The van der Waals surface area contributed by atoms with Crippen LogP contribution < -0.4 is 5.73 Å². The predicted octanol–water partition coefficient (Wildman–Crippen LogP) is 0.0806. The maximum Gasteiger partial charge on any atom is 0.410 e. The SMILES string of the molecule is C[C@@H](O)[C@@H](C(N)=O)N1CC2(CCCN(C(=O)OC(C)(C)C)C2)C1=O. The maximum absolute atomic E-state index is 12.7. The van der Waals surface area contributed by atoms with Crippen LogP contribution in [0.1, 0.15) is 40.5 Å². The highest BCUT2D eigenvalue weighted by molar-refractivity contribution is 5.95. The molecular weight excluding hydrogens is 314 g/mol. The average molecular weight is 341 g/mol. The Morgan fingerprint density at radius 3 is 2.42 bits per heavy atom. The number of aliphatic hydroxyl groups excluding tert-OH is 1. The number of β-lactam (4-membered cyclic amide) rings is 1. The Kier molecular flexibility index (Phi) is 4.81. The Morgan fingerprint density at radius 1 is 1.33 bits per heavy atom. The van der Waals surface area contributed by atoms with Gasteiger partial charge in [0, 0.05) is 19.6 Å². The average Bonchev–Trinajstić information content (AvgIpc) is 2.44. The summed E-state index contributed by atoms with van der Waals surface area (Å²) in [7, 11) is 0. The highest BCUT2D eigenvalue weighted by Gasteiger charge is 2.57. The number of likely N-dealkylation sites (tertiary alicyclic amines) is 2. The fraction of sp³-hybridized carbons (Fsp3) is 0.812. The first-order valence-corrected chi connectivity index (χ1v) is 8.23. The smallest absolute Gasteiger partial charge is 0.410 e. The molecule has 0 aromatic rings. The molecule has 2 aliphatic rings. The molecule has 1 spiro atoms. The summed E-state index contributed by atoms with van der Waals surface area (Å²) in [5.41, 5.74) is 4.00. The molecular formula is C16H27N3O5. The minimum Gasteiger partial charge on any atom is -0.444 e. The molecule has 2 aliphatic heterocycles. The number of carbonyl (C=O) groups excluding carboxylic acids is 3. The van der Waals surface area contributed by atoms with Gasteiger partial charge in [0.05, 0.1) is 11.5 Å². The summed E-state index contributed by atoms with van der Waals surface area (Å²) in [4.78, 5) is 39.3. The zero-order valence-corrected chi connectivity index (χ0v) is 14.7. The Hall–Kier alpha value is -1.83.